The molecule has 2 aromatic carbocycles. The number of methoxy groups -OCH3 is 1. The molecule has 0 spiro atoms. The maximum Gasteiger partial charge on any atom is 0.252 e. The summed E-state index contributed by atoms with van der Waals surface area (Å²) in [6.45, 7) is 1.06. The van der Waals surface area contributed by atoms with Gasteiger partial charge >= 0.3 is 0 Å². The van der Waals surface area contributed by atoms with Gasteiger partial charge in [0.1, 0.15) is 5.75 Å². The number of hydrogen-bond donors (Lipinski definition) is 1. The lowest BCUT2D eigenvalue weighted by Gasteiger charge is -2.29. The third-order valence-electron chi connectivity index (χ3n) is 5.22. The predicted octanol–water partition coefficient (Wildman–Crippen LogP) is 2.80. The van der Waals surface area contributed by atoms with Crippen molar-refractivity contribution in [2.75, 3.05) is 33.5 Å². The van der Waals surface area contributed by atoms with E-state index in [9.17, 15) is 13.2 Å². The predicted molar refractivity (Wildman–Crippen MR) is 121 cm³/mol. The van der Waals surface area contributed by atoms with Gasteiger partial charge in [0.15, 0.2) is 0 Å². The van der Waals surface area contributed by atoms with Crippen molar-refractivity contribution in [3.63, 3.8) is 0 Å². The van der Waals surface area contributed by atoms with E-state index in [1.165, 1.54) is 28.6 Å². The molecule has 0 unspecified atom stereocenters. The number of benzene rings is 2. The molecule has 1 fully saturated rings. The first-order chi connectivity index (χ1) is 15.4. The average molecular weight is 479 g/mol. The van der Waals surface area contributed by atoms with Crippen molar-refractivity contribution in [1.82, 2.24) is 9.29 Å². The van der Waals surface area contributed by atoms with Gasteiger partial charge in [0, 0.05) is 29.7 Å². The van der Waals surface area contributed by atoms with E-state index in [0.717, 1.165) is 5.39 Å². The highest BCUT2D eigenvalue weighted by molar-refractivity contribution is 7.89. The van der Waals surface area contributed by atoms with Gasteiger partial charge in [0.25, 0.3) is 5.56 Å². The number of aromatic amines is 1. The molecule has 1 aromatic heterocycles. The van der Waals surface area contributed by atoms with Crippen LogP contribution < -0.4 is 10.3 Å². The van der Waals surface area contributed by atoms with Crippen LogP contribution in [-0.2, 0) is 26.0 Å². The fraction of sp³-hybridized carbons (Fsp3) is 0.318. The van der Waals surface area contributed by atoms with Crippen molar-refractivity contribution in [2.24, 2.45) is 0 Å². The van der Waals surface area contributed by atoms with Crippen LogP contribution in [0, 0.1) is 0 Å². The Morgan fingerprint density at radius 1 is 1.16 bits per heavy atom. The van der Waals surface area contributed by atoms with Crippen LogP contribution in [0.1, 0.15) is 5.56 Å². The number of rotatable bonds is 7. The van der Waals surface area contributed by atoms with E-state index >= 15 is 0 Å². The van der Waals surface area contributed by atoms with Crippen molar-refractivity contribution in [3.8, 4) is 5.75 Å². The zero-order chi connectivity index (χ0) is 22.7. The second kappa shape index (κ2) is 9.60. The van der Waals surface area contributed by atoms with Gasteiger partial charge in [-0.2, -0.15) is 4.31 Å². The largest absolute Gasteiger partial charge is 0.497 e. The molecule has 1 aliphatic heterocycles. The summed E-state index contributed by atoms with van der Waals surface area (Å²) in [6, 6.07) is 12.9. The van der Waals surface area contributed by atoms with Crippen LogP contribution in [0.5, 0.6) is 5.75 Å². The summed E-state index contributed by atoms with van der Waals surface area (Å²) in [7, 11) is -2.38. The number of halogens is 1. The topological polar surface area (TPSA) is 97.9 Å². The van der Waals surface area contributed by atoms with Gasteiger partial charge in [-0.1, -0.05) is 11.6 Å². The molecule has 0 aliphatic carbocycles. The van der Waals surface area contributed by atoms with Gasteiger partial charge in [0.05, 0.1) is 43.4 Å². The minimum atomic E-state index is -3.93. The monoisotopic (exact) mass is 478 g/mol. The van der Waals surface area contributed by atoms with Crippen LogP contribution in [0.4, 0.5) is 0 Å². The molecule has 1 aliphatic rings. The molecule has 1 N–H and O–H groups in total. The summed E-state index contributed by atoms with van der Waals surface area (Å²) in [5.41, 5.74) is 0.550. The van der Waals surface area contributed by atoms with Crippen LogP contribution in [0.25, 0.3) is 10.9 Å². The number of nitrogens with zero attached hydrogens (tertiary/aromatic N) is 1. The lowest BCUT2D eigenvalue weighted by Crippen LogP contribution is -2.43. The van der Waals surface area contributed by atoms with E-state index in [1.807, 2.05) is 6.07 Å². The summed E-state index contributed by atoms with van der Waals surface area (Å²) < 4.78 is 44.4. The first kappa shape index (κ1) is 22.8. The first-order valence-electron chi connectivity index (χ1n) is 10.0. The standard InChI is InChI=1S/C22H23ClN2O6S/c1-29-18-5-2-15-10-16(22(26)24-21(15)11-18)12-25(13-19-14-30-8-9-31-19)32(27,28)20-6-3-17(23)4-7-20/h2-7,10-11,19H,8-9,12-14H2,1H3,(H,24,26)/t19-/m1/s1. The van der Waals surface area contributed by atoms with Crippen molar-refractivity contribution < 1.29 is 22.6 Å². The Hall–Kier alpha value is -2.43. The Bertz CT molecular complexity index is 1250. The number of hydrogen-bond acceptors (Lipinski definition) is 6. The van der Waals surface area contributed by atoms with Gasteiger partial charge in [-0.05, 0) is 47.9 Å². The third-order valence-corrected chi connectivity index (χ3v) is 7.30. The van der Waals surface area contributed by atoms with E-state index in [0.29, 0.717) is 35.1 Å². The molecule has 0 amide bonds. The summed E-state index contributed by atoms with van der Waals surface area (Å²) in [4.78, 5) is 15.7. The summed E-state index contributed by atoms with van der Waals surface area (Å²) in [5.74, 6) is 0.613. The molecule has 10 heteroatoms. The molecule has 4 rings (SSSR count). The Balaban J connectivity index is 1.70. The molecule has 1 atom stereocenters. The van der Waals surface area contributed by atoms with Gasteiger partial charge in [-0.15, -0.1) is 0 Å². The zero-order valence-corrected chi connectivity index (χ0v) is 19.0. The zero-order valence-electron chi connectivity index (χ0n) is 17.4. The normalized spacial score (nSPS) is 17.0. The van der Waals surface area contributed by atoms with Gasteiger partial charge in [-0.25, -0.2) is 8.42 Å². The van der Waals surface area contributed by atoms with Crippen molar-refractivity contribution in [1.29, 1.82) is 0 Å². The summed E-state index contributed by atoms with van der Waals surface area (Å²) in [5, 5.41) is 1.20. The molecule has 1 saturated heterocycles. The van der Waals surface area contributed by atoms with Crippen LogP contribution in [0.2, 0.25) is 5.02 Å². The first-order valence-corrected chi connectivity index (χ1v) is 11.8. The molecule has 170 valence electrons. The Kier molecular flexibility index (Phi) is 6.82. The molecule has 0 radical (unpaired) electrons. The number of pyridine rings is 1. The molecule has 0 saturated carbocycles. The number of sulfonamides is 1. The molecular weight excluding hydrogens is 456 g/mol. The maximum absolute atomic E-state index is 13.4. The number of fused-ring (bicyclic) bond motifs is 1. The van der Waals surface area contributed by atoms with E-state index in [1.54, 1.807) is 25.3 Å². The van der Waals surface area contributed by atoms with E-state index in [4.69, 9.17) is 25.8 Å². The van der Waals surface area contributed by atoms with Crippen molar-refractivity contribution >= 4 is 32.5 Å². The summed E-state index contributed by atoms with van der Waals surface area (Å²) >= 11 is 5.93. The second-order valence-electron chi connectivity index (χ2n) is 7.40. The fourth-order valence-corrected chi connectivity index (χ4v) is 5.11. The van der Waals surface area contributed by atoms with Gasteiger partial charge in [-0.3, -0.25) is 4.79 Å². The van der Waals surface area contributed by atoms with Crippen LogP contribution in [0.3, 0.4) is 0 Å². The SMILES string of the molecule is COc1ccc2cc(CN(C[C@@H]3COCCO3)S(=O)(=O)c3ccc(Cl)cc3)c(=O)[nH]c2c1. The lowest BCUT2D eigenvalue weighted by atomic mass is 10.1. The van der Waals surface area contributed by atoms with Gasteiger partial charge in [0.2, 0.25) is 10.0 Å². The van der Waals surface area contributed by atoms with Crippen LogP contribution in [-0.4, -0.2) is 57.3 Å². The number of nitrogens with one attached hydrogen (secondary N) is 1. The second-order valence-corrected chi connectivity index (χ2v) is 9.77. The third kappa shape index (κ3) is 4.97. The Morgan fingerprint density at radius 3 is 2.62 bits per heavy atom. The molecule has 8 nitrogen and oxygen atoms in total. The lowest BCUT2D eigenvalue weighted by molar-refractivity contribution is -0.0923. The average Bonchev–Trinajstić information content (AvgIpc) is 2.79. The molecule has 0 bridgehead atoms. The maximum atomic E-state index is 13.4. The van der Waals surface area contributed by atoms with E-state index < -0.39 is 16.1 Å². The minimum absolute atomic E-state index is 0.0467. The van der Waals surface area contributed by atoms with E-state index in [-0.39, 0.29) is 30.2 Å². The van der Waals surface area contributed by atoms with Gasteiger partial charge < -0.3 is 19.2 Å². The molecular formula is C22H23ClN2O6S. The van der Waals surface area contributed by atoms with Crippen LogP contribution in [0.15, 0.2) is 58.2 Å². The Labute approximate surface area is 190 Å². The van der Waals surface area contributed by atoms with Crippen molar-refractivity contribution in [2.45, 2.75) is 17.5 Å². The quantitative estimate of drug-likeness (QED) is 0.560. The molecule has 32 heavy (non-hydrogen) atoms. The molecule has 2 heterocycles. The smallest absolute Gasteiger partial charge is 0.252 e. The highest BCUT2D eigenvalue weighted by Crippen LogP contribution is 2.23. The Morgan fingerprint density at radius 2 is 1.94 bits per heavy atom. The highest BCUT2D eigenvalue weighted by Gasteiger charge is 2.29. The van der Waals surface area contributed by atoms with Crippen LogP contribution >= 0.6 is 11.6 Å². The molecule has 3 aromatic rings. The van der Waals surface area contributed by atoms with Crippen molar-refractivity contribution in [3.05, 3.63) is 69.5 Å². The van der Waals surface area contributed by atoms with E-state index in [2.05, 4.69) is 4.98 Å². The number of H-pyrrole nitrogens is 1. The minimum Gasteiger partial charge on any atom is -0.497 e. The fourth-order valence-electron chi connectivity index (χ4n) is 3.53. The number of aromatic nitrogens is 1. The highest BCUT2D eigenvalue weighted by atomic mass is 35.5. The summed E-state index contributed by atoms with van der Waals surface area (Å²) in [6.07, 6.45) is -0.436. The number of ether oxygens (including phenoxy) is 3.